The number of rotatable bonds is 6. The maximum atomic E-state index is 11.5. The van der Waals surface area contributed by atoms with E-state index < -0.39 is 0 Å². The lowest BCUT2D eigenvalue weighted by molar-refractivity contribution is -0.122. The minimum atomic E-state index is 0.241. The predicted molar refractivity (Wildman–Crippen MR) is 68.3 cm³/mol. The zero-order valence-electron chi connectivity index (χ0n) is 10.9. The molecular formula is C14H27NO. The Kier molecular flexibility index (Phi) is 6.51. The number of carbonyl (C=O) groups excluding carboxylic acids is 1. The molecule has 1 saturated carbocycles. The third kappa shape index (κ3) is 5.00. The molecule has 0 saturated heterocycles. The normalized spacial score (nSPS) is 19.4. The van der Waals surface area contributed by atoms with Gasteiger partial charge in [-0.25, -0.2) is 0 Å². The molecule has 1 aliphatic carbocycles. The van der Waals surface area contributed by atoms with Gasteiger partial charge in [-0.05, 0) is 25.2 Å². The molecule has 1 N–H and O–H groups in total. The summed E-state index contributed by atoms with van der Waals surface area (Å²) < 4.78 is 0. The number of amides is 1. The average Bonchev–Trinajstić information content (AvgIpc) is 2.30. The van der Waals surface area contributed by atoms with Crippen molar-refractivity contribution in [3.63, 3.8) is 0 Å². The number of hydrogen-bond donors (Lipinski definition) is 1. The molecule has 1 aliphatic rings. The van der Waals surface area contributed by atoms with Gasteiger partial charge in [0.15, 0.2) is 0 Å². The van der Waals surface area contributed by atoms with E-state index in [1.807, 2.05) is 6.92 Å². The number of hydrogen-bond acceptors (Lipinski definition) is 1. The van der Waals surface area contributed by atoms with E-state index in [9.17, 15) is 4.79 Å². The van der Waals surface area contributed by atoms with Crippen LogP contribution in [0.1, 0.15) is 65.2 Å². The van der Waals surface area contributed by atoms with E-state index in [1.165, 1.54) is 38.5 Å². The van der Waals surface area contributed by atoms with Gasteiger partial charge in [-0.15, -0.1) is 0 Å². The zero-order chi connectivity index (χ0) is 11.8. The Morgan fingerprint density at radius 2 is 1.94 bits per heavy atom. The van der Waals surface area contributed by atoms with Crippen molar-refractivity contribution in [2.45, 2.75) is 65.2 Å². The van der Waals surface area contributed by atoms with Gasteiger partial charge in [-0.3, -0.25) is 4.79 Å². The molecule has 1 fully saturated rings. The Labute approximate surface area is 100 Å². The van der Waals surface area contributed by atoms with Crippen LogP contribution in [-0.4, -0.2) is 12.5 Å². The van der Waals surface area contributed by atoms with E-state index in [0.717, 1.165) is 25.3 Å². The molecule has 1 unspecified atom stereocenters. The highest BCUT2D eigenvalue weighted by molar-refractivity contribution is 5.76. The second-order valence-corrected chi connectivity index (χ2v) is 5.17. The smallest absolute Gasteiger partial charge is 0.220 e. The molecule has 1 rings (SSSR count). The van der Waals surface area contributed by atoms with E-state index >= 15 is 0 Å². The fraction of sp³-hybridized carbons (Fsp3) is 0.929. The Hall–Kier alpha value is -0.530. The molecule has 0 aromatic rings. The van der Waals surface area contributed by atoms with Crippen molar-refractivity contribution in [3.8, 4) is 0 Å². The maximum absolute atomic E-state index is 11.5. The molecule has 0 spiro atoms. The van der Waals surface area contributed by atoms with Crippen LogP contribution in [0.4, 0.5) is 0 Å². The van der Waals surface area contributed by atoms with Gasteiger partial charge < -0.3 is 5.32 Å². The van der Waals surface area contributed by atoms with Crippen LogP contribution in [0.2, 0.25) is 0 Å². The van der Waals surface area contributed by atoms with Crippen LogP contribution in [0.5, 0.6) is 0 Å². The first-order valence-electron chi connectivity index (χ1n) is 7.02. The van der Waals surface area contributed by atoms with Gasteiger partial charge in [0.05, 0.1) is 0 Å². The third-order valence-electron chi connectivity index (χ3n) is 3.82. The molecule has 1 amide bonds. The van der Waals surface area contributed by atoms with Crippen molar-refractivity contribution >= 4 is 5.91 Å². The van der Waals surface area contributed by atoms with E-state index in [-0.39, 0.29) is 5.91 Å². The highest BCUT2D eigenvalue weighted by Crippen LogP contribution is 2.31. The van der Waals surface area contributed by atoms with Gasteiger partial charge in [0.2, 0.25) is 5.91 Å². The van der Waals surface area contributed by atoms with Crippen LogP contribution in [0, 0.1) is 11.8 Å². The minimum absolute atomic E-state index is 0.241. The van der Waals surface area contributed by atoms with Gasteiger partial charge in [0.1, 0.15) is 0 Å². The SMILES string of the molecule is CCNC(=O)CC(CC)CC1CCCCC1. The van der Waals surface area contributed by atoms with Gasteiger partial charge in [-0.2, -0.15) is 0 Å². The molecule has 1 atom stereocenters. The van der Waals surface area contributed by atoms with E-state index in [2.05, 4.69) is 12.2 Å². The highest BCUT2D eigenvalue weighted by atomic mass is 16.1. The van der Waals surface area contributed by atoms with Crippen LogP contribution in [0.25, 0.3) is 0 Å². The fourth-order valence-corrected chi connectivity index (χ4v) is 2.82. The molecule has 0 heterocycles. The molecule has 0 bridgehead atoms. The van der Waals surface area contributed by atoms with Crippen LogP contribution < -0.4 is 5.32 Å². The van der Waals surface area contributed by atoms with Gasteiger partial charge in [0, 0.05) is 13.0 Å². The fourth-order valence-electron chi connectivity index (χ4n) is 2.82. The van der Waals surface area contributed by atoms with E-state index in [1.54, 1.807) is 0 Å². The minimum Gasteiger partial charge on any atom is -0.356 e. The van der Waals surface area contributed by atoms with Crippen LogP contribution in [-0.2, 0) is 4.79 Å². The summed E-state index contributed by atoms with van der Waals surface area (Å²) in [5.74, 6) is 1.74. The third-order valence-corrected chi connectivity index (χ3v) is 3.82. The summed E-state index contributed by atoms with van der Waals surface area (Å²) >= 11 is 0. The highest BCUT2D eigenvalue weighted by Gasteiger charge is 2.19. The lowest BCUT2D eigenvalue weighted by Gasteiger charge is -2.25. The molecule has 0 aromatic carbocycles. The van der Waals surface area contributed by atoms with Crippen LogP contribution in [0.15, 0.2) is 0 Å². The van der Waals surface area contributed by atoms with Crippen molar-refractivity contribution in [2.75, 3.05) is 6.54 Å². The molecule has 2 heteroatoms. The van der Waals surface area contributed by atoms with Crippen molar-refractivity contribution in [1.29, 1.82) is 0 Å². The summed E-state index contributed by atoms with van der Waals surface area (Å²) in [5.41, 5.74) is 0. The van der Waals surface area contributed by atoms with Crippen LogP contribution in [0.3, 0.4) is 0 Å². The van der Waals surface area contributed by atoms with E-state index in [4.69, 9.17) is 0 Å². The average molecular weight is 225 g/mol. The second-order valence-electron chi connectivity index (χ2n) is 5.17. The van der Waals surface area contributed by atoms with Crippen molar-refractivity contribution < 1.29 is 4.79 Å². The molecule has 2 nitrogen and oxygen atoms in total. The second kappa shape index (κ2) is 7.70. The zero-order valence-corrected chi connectivity index (χ0v) is 10.9. The summed E-state index contributed by atoms with van der Waals surface area (Å²) in [6.45, 7) is 4.96. The topological polar surface area (TPSA) is 29.1 Å². The number of carbonyl (C=O) groups is 1. The van der Waals surface area contributed by atoms with Crippen molar-refractivity contribution in [3.05, 3.63) is 0 Å². The first-order valence-corrected chi connectivity index (χ1v) is 7.02. The summed E-state index contributed by atoms with van der Waals surface area (Å²) in [7, 11) is 0. The van der Waals surface area contributed by atoms with E-state index in [0.29, 0.717) is 5.92 Å². The Morgan fingerprint density at radius 3 is 2.50 bits per heavy atom. The summed E-state index contributed by atoms with van der Waals surface area (Å²) in [6, 6.07) is 0. The first-order chi connectivity index (χ1) is 7.76. The molecule has 94 valence electrons. The Morgan fingerprint density at radius 1 is 1.25 bits per heavy atom. The first kappa shape index (κ1) is 13.5. The lowest BCUT2D eigenvalue weighted by atomic mass is 9.81. The molecule has 16 heavy (non-hydrogen) atoms. The maximum Gasteiger partial charge on any atom is 0.220 e. The molecular weight excluding hydrogens is 198 g/mol. The quantitative estimate of drug-likeness (QED) is 0.736. The summed E-state index contributed by atoms with van der Waals surface area (Å²) in [5, 5.41) is 2.91. The summed E-state index contributed by atoms with van der Waals surface area (Å²) in [4.78, 5) is 11.5. The van der Waals surface area contributed by atoms with Gasteiger partial charge >= 0.3 is 0 Å². The van der Waals surface area contributed by atoms with Gasteiger partial charge in [0.25, 0.3) is 0 Å². The molecule has 0 aromatic heterocycles. The van der Waals surface area contributed by atoms with Crippen LogP contribution >= 0.6 is 0 Å². The van der Waals surface area contributed by atoms with Crippen molar-refractivity contribution in [1.82, 2.24) is 5.32 Å². The number of nitrogens with one attached hydrogen (secondary N) is 1. The van der Waals surface area contributed by atoms with Gasteiger partial charge in [-0.1, -0.05) is 45.4 Å². The molecule has 0 radical (unpaired) electrons. The lowest BCUT2D eigenvalue weighted by Crippen LogP contribution is -2.26. The molecule has 0 aliphatic heterocycles. The van der Waals surface area contributed by atoms with Crippen molar-refractivity contribution in [2.24, 2.45) is 11.8 Å². The largest absolute Gasteiger partial charge is 0.356 e. The standard InChI is InChI=1S/C14H27NO/c1-3-12(11-14(16)15-4-2)10-13-8-6-5-7-9-13/h12-13H,3-11H2,1-2H3,(H,15,16). The predicted octanol–water partition coefficient (Wildman–Crippen LogP) is 3.51. The monoisotopic (exact) mass is 225 g/mol. The Balaban J connectivity index is 2.27. The summed E-state index contributed by atoms with van der Waals surface area (Å²) in [6.07, 6.45) is 10.2. The Bertz CT molecular complexity index is 197.